The largest absolute Gasteiger partial charge is 0.492 e. The summed E-state index contributed by atoms with van der Waals surface area (Å²) in [5.41, 5.74) is 3.28. The molecule has 0 amide bonds. The molecule has 0 radical (unpaired) electrons. The van der Waals surface area contributed by atoms with Crippen LogP contribution in [0.4, 0.5) is 0 Å². The molecule has 130 valence electrons. The maximum Gasteiger partial charge on any atom is 0.161 e. The molecular formula is C22H25NO2. The maximum atomic E-state index is 11.8. The number of aromatic nitrogens is 1. The number of Topliss-reactive ketones (excluding diaryl/α,β-unsaturated/α-hetero) is 1. The van der Waals surface area contributed by atoms with E-state index in [0.717, 1.165) is 22.2 Å². The Morgan fingerprint density at radius 2 is 1.72 bits per heavy atom. The van der Waals surface area contributed by atoms with Gasteiger partial charge in [-0.1, -0.05) is 51.1 Å². The molecule has 3 nitrogen and oxygen atoms in total. The van der Waals surface area contributed by atoms with Gasteiger partial charge in [0.2, 0.25) is 0 Å². The fraction of sp³-hybridized carbons (Fsp3) is 0.318. The van der Waals surface area contributed by atoms with Crippen molar-refractivity contribution in [3.05, 3.63) is 65.9 Å². The molecule has 0 aliphatic heterocycles. The molecule has 3 rings (SSSR count). The Hall–Kier alpha value is -2.55. The van der Waals surface area contributed by atoms with Crippen molar-refractivity contribution in [2.75, 3.05) is 6.61 Å². The van der Waals surface area contributed by atoms with Gasteiger partial charge in [0.25, 0.3) is 0 Å². The standard InChI is InChI=1S/C22H25NO2/c1-16(24)20-15-23(21-8-6-5-7-19(20)21)13-14-25-18-11-9-17(10-12-18)22(2,3)4/h5-12,15H,13-14H2,1-4H3. The summed E-state index contributed by atoms with van der Waals surface area (Å²) in [6.07, 6.45) is 1.93. The van der Waals surface area contributed by atoms with Crippen molar-refractivity contribution in [1.82, 2.24) is 4.57 Å². The predicted octanol–water partition coefficient (Wildman–Crippen LogP) is 5.22. The Kier molecular flexibility index (Phi) is 4.67. The monoisotopic (exact) mass is 335 g/mol. The van der Waals surface area contributed by atoms with E-state index in [1.165, 1.54) is 5.56 Å². The second kappa shape index (κ2) is 6.75. The van der Waals surface area contributed by atoms with Gasteiger partial charge in [-0.05, 0) is 36.1 Å². The lowest BCUT2D eigenvalue weighted by Gasteiger charge is -2.19. The molecule has 0 fully saturated rings. The van der Waals surface area contributed by atoms with Gasteiger partial charge in [-0.2, -0.15) is 0 Å². The van der Waals surface area contributed by atoms with Crippen LogP contribution in [0.25, 0.3) is 10.9 Å². The molecule has 3 aromatic rings. The zero-order valence-corrected chi connectivity index (χ0v) is 15.4. The van der Waals surface area contributed by atoms with Crippen LogP contribution in [0.5, 0.6) is 5.75 Å². The average Bonchev–Trinajstić information content (AvgIpc) is 2.94. The maximum absolute atomic E-state index is 11.8. The summed E-state index contributed by atoms with van der Waals surface area (Å²) in [5.74, 6) is 0.963. The first-order chi connectivity index (χ1) is 11.9. The van der Waals surface area contributed by atoms with Crippen LogP contribution in [-0.4, -0.2) is 17.0 Å². The number of benzene rings is 2. The minimum atomic E-state index is 0.0913. The first kappa shape index (κ1) is 17.3. The molecule has 0 atom stereocenters. The van der Waals surface area contributed by atoms with Crippen LogP contribution < -0.4 is 4.74 Å². The number of nitrogens with zero attached hydrogens (tertiary/aromatic N) is 1. The molecule has 25 heavy (non-hydrogen) atoms. The highest BCUT2D eigenvalue weighted by molar-refractivity contribution is 6.06. The normalized spacial score (nSPS) is 11.7. The fourth-order valence-corrected chi connectivity index (χ4v) is 3.03. The Bertz CT molecular complexity index is 883. The lowest BCUT2D eigenvalue weighted by molar-refractivity contribution is 0.101. The number of fused-ring (bicyclic) bond motifs is 1. The number of carbonyl (C=O) groups is 1. The van der Waals surface area contributed by atoms with Gasteiger partial charge in [-0.15, -0.1) is 0 Å². The van der Waals surface area contributed by atoms with Crippen molar-refractivity contribution < 1.29 is 9.53 Å². The van der Waals surface area contributed by atoms with Crippen LogP contribution in [0.1, 0.15) is 43.6 Å². The summed E-state index contributed by atoms with van der Waals surface area (Å²) in [6, 6.07) is 16.3. The molecule has 0 bridgehead atoms. The lowest BCUT2D eigenvalue weighted by Crippen LogP contribution is -2.11. The SMILES string of the molecule is CC(=O)c1cn(CCOc2ccc(C(C)(C)C)cc2)c2ccccc12. The molecule has 0 spiro atoms. The predicted molar refractivity (Wildman–Crippen MR) is 103 cm³/mol. The van der Waals surface area contributed by atoms with E-state index in [2.05, 4.69) is 37.5 Å². The Labute approximate surface area is 149 Å². The average molecular weight is 335 g/mol. The van der Waals surface area contributed by atoms with E-state index in [-0.39, 0.29) is 11.2 Å². The highest BCUT2D eigenvalue weighted by Gasteiger charge is 2.13. The second-order valence-corrected chi connectivity index (χ2v) is 7.43. The van der Waals surface area contributed by atoms with Crippen LogP contribution in [0.15, 0.2) is 54.7 Å². The minimum Gasteiger partial charge on any atom is -0.492 e. The number of ketones is 1. The van der Waals surface area contributed by atoms with Crippen LogP contribution in [0.3, 0.4) is 0 Å². The fourth-order valence-electron chi connectivity index (χ4n) is 3.03. The van der Waals surface area contributed by atoms with E-state index in [0.29, 0.717) is 13.2 Å². The molecular weight excluding hydrogens is 310 g/mol. The molecule has 0 aliphatic carbocycles. The first-order valence-corrected chi connectivity index (χ1v) is 8.68. The minimum absolute atomic E-state index is 0.0913. The molecule has 0 unspecified atom stereocenters. The van der Waals surface area contributed by atoms with Gasteiger partial charge in [-0.3, -0.25) is 4.79 Å². The van der Waals surface area contributed by atoms with Gasteiger partial charge in [-0.25, -0.2) is 0 Å². The second-order valence-electron chi connectivity index (χ2n) is 7.43. The van der Waals surface area contributed by atoms with Gasteiger partial charge < -0.3 is 9.30 Å². The first-order valence-electron chi connectivity index (χ1n) is 8.68. The van der Waals surface area contributed by atoms with Gasteiger partial charge >= 0.3 is 0 Å². The Morgan fingerprint density at radius 1 is 1.04 bits per heavy atom. The number of hydrogen-bond donors (Lipinski definition) is 0. The van der Waals surface area contributed by atoms with Crippen LogP contribution in [0.2, 0.25) is 0 Å². The van der Waals surface area contributed by atoms with E-state index in [4.69, 9.17) is 4.74 Å². The Morgan fingerprint density at radius 3 is 2.36 bits per heavy atom. The van der Waals surface area contributed by atoms with Crippen molar-refractivity contribution in [2.24, 2.45) is 0 Å². The van der Waals surface area contributed by atoms with Gasteiger partial charge in [0, 0.05) is 22.7 Å². The summed E-state index contributed by atoms with van der Waals surface area (Å²) in [7, 11) is 0. The third-order valence-electron chi connectivity index (χ3n) is 4.49. The summed E-state index contributed by atoms with van der Waals surface area (Å²) < 4.78 is 7.98. The molecule has 3 heteroatoms. The van der Waals surface area contributed by atoms with Crippen molar-refractivity contribution in [3.63, 3.8) is 0 Å². The van der Waals surface area contributed by atoms with Crippen molar-refractivity contribution in [3.8, 4) is 5.75 Å². The third-order valence-corrected chi connectivity index (χ3v) is 4.49. The topological polar surface area (TPSA) is 31.2 Å². The van der Waals surface area contributed by atoms with Gasteiger partial charge in [0.05, 0.1) is 6.54 Å². The van der Waals surface area contributed by atoms with E-state index < -0.39 is 0 Å². The molecule has 0 saturated carbocycles. The summed E-state index contributed by atoms with van der Waals surface area (Å²) >= 11 is 0. The molecule has 0 saturated heterocycles. The van der Waals surface area contributed by atoms with E-state index in [1.54, 1.807) is 6.92 Å². The van der Waals surface area contributed by atoms with E-state index in [1.807, 2.05) is 42.6 Å². The highest BCUT2D eigenvalue weighted by Crippen LogP contribution is 2.25. The molecule has 0 N–H and O–H groups in total. The van der Waals surface area contributed by atoms with E-state index >= 15 is 0 Å². The van der Waals surface area contributed by atoms with E-state index in [9.17, 15) is 4.79 Å². The van der Waals surface area contributed by atoms with Crippen LogP contribution in [-0.2, 0) is 12.0 Å². The lowest BCUT2D eigenvalue weighted by atomic mass is 9.87. The summed E-state index contributed by atoms with van der Waals surface area (Å²) in [6.45, 7) is 9.48. The van der Waals surface area contributed by atoms with Gasteiger partial charge in [0.15, 0.2) is 5.78 Å². The quantitative estimate of drug-likeness (QED) is 0.599. The van der Waals surface area contributed by atoms with Crippen molar-refractivity contribution >= 4 is 16.7 Å². The molecule has 1 heterocycles. The zero-order valence-electron chi connectivity index (χ0n) is 15.4. The number of para-hydroxylation sites is 1. The molecule has 0 aliphatic rings. The van der Waals surface area contributed by atoms with Crippen molar-refractivity contribution in [2.45, 2.75) is 39.7 Å². The zero-order chi connectivity index (χ0) is 18.0. The smallest absolute Gasteiger partial charge is 0.161 e. The van der Waals surface area contributed by atoms with Gasteiger partial charge in [0.1, 0.15) is 12.4 Å². The number of rotatable bonds is 5. The molecule has 2 aromatic carbocycles. The number of carbonyl (C=O) groups excluding carboxylic acids is 1. The molecule has 1 aromatic heterocycles. The Balaban J connectivity index is 1.70. The highest BCUT2D eigenvalue weighted by atomic mass is 16.5. The summed E-state index contributed by atoms with van der Waals surface area (Å²) in [4.78, 5) is 11.8. The third kappa shape index (κ3) is 3.76. The van der Waals surface area contributed by atoms with Crippen molar-refractivity contribution in [1.29, 1.82) is 0 Å². The van der Waals surface area contributed by atoms with Crippen LogP contribution in [0, 0.1) is 0 Å². The number of ether oxygens (including phenoxy) is 1. The summed E-state index contributed by atoms with van der Waals surface area (Å²) in [5, 5.41) is 1.00. The number of hydrogen-bond acceptors (Lipinski definition) is 2. The van der Waals surface area contributed by atoms with Crippen LogP contribution >= 0.6 is 0 Å².